The summed E-state index contributed by atoms with van der Waals surface area (Å²) in [5.41, 5.74) is 1.13. The average molecular weight is 283 g/mol. The third kappa shape index (κ3) is 3.15. The summed E-state index contributed by atoms with van der Waals surface area (Å²) in [6, 6.07) is 10.1. The minimum atomic E-state index is -0.0135. The van der Waals surface area contributed by atoms with Crippen molar-refractivity contribution in [3.8, 4) is 0 Å². The van der Waals surface area contributed by atoms with Gasteiger partial charge in [0.1, 0.15) is 5.82 Å². The molecule has 0 saturated heterocycles. The normalized spacial score (nSPS) is 16.2. The number of carbonyl (C=O) groups excluding carboxylic acids is 1. The number of amides is 1. The van der Waals surface area contributed by atoms with Gasteiger partial charge in [-0.15, -0.1) is 0 Å². The third-order valence-corrected chi connectivity index (χ3v) is 4.30. The van der Waals surface area contributed by atoms with Gasteiger partial charge in [-0.05, 0) is 18.4 Å². The van der Waals surface area contributed by atoms with Crippen molar-refractivity contribution in [1.82, 2.24) is 14.9 Å². The van der Waals surface area contributed by atoms with Gasteiger partial charge in [-0.2, -0.15) is 0 Å². The number of aromatic nitrogens is 2. The second kappa shape index (κ2) is 6.12. The third-order valence-electron chi connectivity index (χ3n) is 4.30. The van der Waals surface area contributed by atoms with Crippen LogP contribution in [0.5, 0.6) is 0 Å². The molecular weight excluding hydrogens is 262 g/mol. The average Bonchev–Trinajstić information content (AvgIpc) is 2.82. The van der Waals surface area contributed by atoms with Crippen molar-refractivity contribution in [3.05, 3.63) is 54.1 Å². The molecule has 2 aromatic rings. The molecule has 0 radical (unpaired) electrons. The van der Waals surface area contributed by atoms with Gasteiger partial charge in [0.25, 0.3) is 0 Å². The van der Waals surface area contributed by atoms with Crippen molar-refractivity contribution >= 4 is 5.91 Å². The molecule has 1 aliphatic carbocycles. The van der Waals surface area contributed by atoms with Crippen LogP contribution >= 0.6 is 0 Å². The summed E-state index contributed by atoms with van der Waals surface area (Å²) in [7, 11) is 1.98. The Balaban J connectivity index is 1.77. The van der Waals surface area contributed by atoms with E-state index in [1.54, 1.807) is 6.20 Å². The Hall–Kier alpha value is -2.10. The summed E-state index contributed by atoms with van der Waals surface area (Å²) < 4.78 is 2.01. The summed E-state index contributed by atoms with van der Waals surface area (Å²) in [5.74, 6) is 1.37. The quantitative estimate of drug-likeness (QED) is 0.917. The molecule has 1 unspecified atom stereocenters. The fourth-order valence-electron chi connectivity index (χ4n) is 2.67. The lowest BCUT2D eigenvalue weighted by Crippen LogP contribution is -2.38. The first kappa shape index (κ1) is 13.9. The molecule has 0 spiro atoms. The molecule has 0 bridgehead atoms. The molecule has 1 heterocycles. The molecule has 110 valence electrons. The zero-order valence-electron chi connectivity index (χ0n) is 12.3. The number of hydrogen-bond donors (Lipinski definition) is 1. The monoisotopic (exact) mass is 283 g/mol. The van der Waals surface area contributed by atoms with Crippen LogP contribution in [0, 0.1) is 5.92 Å². The van der Waals surface area contributed by atoms with E-state index < -0.39 is 0 Å². The smallest absolute Gasteiger partial charge is 0.223 e. The summed E-state index contributed by atoms with van der Waals surface area (Å²) in [4.78, 5) is 16.7. The molecule has 1 amide bonds. The first-order valence-electron chi connectivity index (χ1n) is 7.55. The highest BCUT2D eigenvalue weighted by atomic mass is 16.2. The number of rotatable bonds is 5. The summed E-state index contributed by atoms with van der Waals surface area (Å²) in [5, 5.41) is 3.21. The van der Waals surface area contributed by atoms with Gasteiger partial charge in [-0.3, -0.25) is 4.79 Å². The number of nitrogens with one attached hydrogen (secondary N) is 1. The predicted octanol–water partition coefficient (Wildman–Crippen LogP) is 2.62. The Morgan fingerprint density at radius 2 is 2.14 bits per heavy atom. The van der Waals surface area contributed by atoms with Gasteiger partial charge in [0, 0.05) is 31.8 Å². The van der Waals surface area contributed by atoms with Crippen molar-refractivity contribution in [3.63, 3.8) is 0 Å². The Morgan fingerprint density at radius 1 is 1.38 bits per heavy atom. The molecule has 1 aromatic carbocycles. The fourth-order valence-corrected chi connectivity index (χ4v) is 2.67. The molecule has 1 fully saturated rings. The second-order valence-electron chi connectivity index (χ2n) is 5.76. The largest absolute Gasteiger partial charge is 0.349 e. The highest BCUT2D eigenvalue weighted by Crippen LogP contribution is 2.28. The minimum Gasteiger partial charge on any atom is -0.349 e. The van der Waals surface area contributed by atoms with Crippen molar-refractivity contribution in [2.45, 2.75) is 31.7 Å². The van der Waals surface area contributed by atoms with Crippen LogP contribution in [0.2, 0.25) is 0 Å². The molecular formula is C17H21N3O. The van der Waals surface area contributed by atoms with E-state index in [-0.39, 0.29) is 17.9 Å². The van der Waals surface area contributed by atoms with E-state index in [1.165, 1.54) is 6.42 Å². The summed E-state index contributed by atoms with van der Waals surface area (Å²) >= 11 is 0. The molecule has 1 aromatic heterocycles. The first-order valence-corrected chi connectivity index (χ1v) is 7.55. The number of aryl methyl sites for hydroxylation is 1. The standard InChI is InChI=1S/C17H21N3O/c1-20-11-10-18-16(20)12-15(13-6-3-2-4-7-13)19-17(21)14-8-5-9-14/h2-4,6-7,10-11,14-15H,5,8-9,12H2,1H3,(H,19,21). The molecule has 4 nitrogen and oxygen atoms in total. The molecule has 0 aliphatic heterocycles. The van der Waals surface area contributed by atoms with Crippen LogP contribution in [-0.2, 0) is 18.3 Å². The number of carbonyl (C=O) groups is 1. The molecule has 3 rings (SSSR count). The lowest BCUT2D eigenvalue weighted by Gasteiger charge is -2.27. The SMILES string of the molecule is Cn1ccnc1CC(NC(=O)C1CCC1)c1ccccc1. The zero-order chi connectivity index (χ0) is 14.7. The van der Waals surface area contributed by atoms with Gasteiger partial charge in [0.2, 0.25) is 5.91 Å². The van der Waals surface area contributed by atoms with Crippen LogP contribution in [0.1, 0.15) is 36.7 Å². The minimum absolute atomic E-state index is 0.0135. The molecule has 1 atom stereocenters. The zero-order valence-corrected chi connectivity index (χ0v) is 12.3. The van der Waals surface area contributed by atoms with Crippen LogP contribution < -0.4 is 5.32 Å². The van der Waals surface area contributed by atoms with Gasteiger partial charge >= 0.3 is 0 Å². The van der Waals surface area contributed by atoms with E-state index in [2.05, 4.69) is 22.4 Å². The van der Waals surface area contributed by atoms with Crippen LogP contribution in [0.15, 0.2) is 42.7 Å². The highest BCUT2D eigenvalue weighted by molar-refractivity contribution is 5.79. The van der Waals surface area contributed by atoms with E-state index >= 15 is 0 Å². The Kier molecular flexibility index (Phi) is 4.04. The van der Waals surface area contributed by atoms with E-state index in [1.807, 2.05) is 36.0 Å². The fraction of sp³-hybridized carbons (Fsp3) is 0.412. The molecule has 21 heavy (non-hydrogen) atoms. The van der Waals surface area contributed by atoms with E-state index in [0.717, 1.165) is 24.2 Å². The van der Waals surface area contributed by atoms with Crippen molar-refractivity contribution < 1.29 is 4.79 Å². The lowest BCUT2D eigenvalue weighted by molar-refractivity contribution is -0.128. The Labute approximate surface area is 125 Å². The van der Waals surface area contributed by atoms with Gasteiger partial charge in [0.15, 0.2) is 0 Å². The van der Waals surface area contributed by atoms with Gasteiger partial charge in [0.05, 0.1) is 6.04 Å². The van der Waals surface area contributed by atoms with E-state index in [0.29, 0.717) is 6.42 Å². The van der Waals surface area contributed by atoms with Crippen molar-refractivity contribution in [1.29, 1.82) is 0 Å². The maximum atomic E-state index is 12.3. The number of imidazole rings is 1. The molecule has 1 aliphatic rings. The maximum absolute atomic E-state index is 12.3. The van der Waals surface area contributed by atoms with Crippen LogP contribution in [0.4, 0.5) is 0 Å². The topological polar surface area (TPSA) is 46.9 Å². The molecule has 1 N–H and O–H groups in total. The maximum Gasteiger partial charge on any atom is 0.223 e. The van der Waals surface area contributed by atoms with Gasteiger partial charge < -0.3 is 9.88 Å². The predicted molar refractivity (Wildman–Crippen MR) is 81.6 cm³/mol. The summed E-state index contributed by atoms with van der Waals surface area (Å²) in [6.45, 7) is 0. The van der Waals surface area contributed by atoms with Gasteiger partial charge in [-0.25, -0.2) is 4.98 Å². The first-order chi connectivity index (χ1) is 10.2. The lowest BCUT2D eigenvalue weighted by atomic mass is 9.84. The van der Waals surface area contributed by atoms with Crippen molar-refractivity contribution in [2.75, 3.05) is 0 Å². The molecule has 4 heteroatoms. The van der Waals surface area contributed by atoms with Crippen molar-refractivity contribution in [2.24, 2.45) is 13.0 Å². The van der Waals surface area contributed by atoms with E-state index in [4.69, 9.17) is 0 Å². The Morgan fingerprint density at radius 3 is 2.71 bits per heavy atom. The Bertz CT molecular complexity index is 602. The number of hydrogen-bond acceptors (Lipinski definition) is 2. The molecule has 1 saturated carbocycles. The second-order valence-corrected chi connectivity index (χ2v) is 5.76. The van der Waals surface area contributed by atoms with Crippen LogP contribution in [-0.4, -0.2) is 15.5 Å². The van der Waals surface area contributed by atoms with E-state index in [9.17, 15) is 4.79 Å². The summed E-state index contributed by atoms with van der Waals surface area (Å²) in [6.07, 6.45) is 7.67. The van der Waals surface area contributed by atoms with Crippen LogP contribution in [0.3, 0.4) is 0 Å². The number of benzene rings is 1. The number of nitrogens with zero attached hydrogens (tertiary/aromatic N) is 2. The van der Waals surface area contributed by atoms with Crippen LogP contribution in [0.25, 0.3) is 0 Å². The van der Waals surface area contributed by atoms with Gasteiger partial charge in [-0.1, -0.05) is 36.8 Å². The highest BCUT2D eigenvalue weighted by Gasteiger charge is 2.27.